The molecule has 0 saturated carbocycles. The van der Waals surface area contributed by atoms with Crippen molar-refractivity contribution in [2.75, 3.05) is 11.9 Å². The van der Waals surface area contributed by atoms with Crippen LogP contribution in [0.2, 0.25) is 5.02 Å². The van der Waals surface area contributed by atoms with Gasteiger partial charge in [0.05, 0.1) is 23.2 Å². The van der Waals surface area contributed by atoms with Gasteiger partial charge in [0.15, 0.2) is 0 Å². The molecule has 0 unspecified atom stereocenters. The van der Waals surface area contributed by atoms with Gasteiger partial charge in [0.25, 0.3) is 0 Å². The molecule has 74 valence electrons. The van der Waals surface area contributed by atoms with Crippen LogP contribution in [0.3, 0.4) is 0 Å². The highest BCUT2D eigenvalue weighted by atomic mass is 79.9. The Morgan fingerprint density at radius 2 is 2.29 bits per heavy atom. The van der Waals surface area contributed by atoms with Crippen LogP contribution in [0.1, 0.15) is 6.42 Å². The van der Waals surface area contributed by atoms with Gasteiger partial charge in [-0.05, 0) is 28.1 Å². The Kier molecular flexibility index (Phi) is 4.18. The molecule has 1 N–H and O–H groups in total. The quantitative estimate of drug-likeness (QED) is 0.857. The van der Waals surface area contributed by atoms with E-state index in [1.165, 1.54) is 12.1 Å². The molecule has 0 atom stereocenters. The summed E-state index contributed by atoms with van der Waals surface area (Å²) >= 11 is 8.98. The van der Waals surface area contributed by atoms with E-state index in [-0.39, 0.29) is 0 Å². The summed E-state index contributed by atoms with van der Waals surface area (Å²) in [6.07, 6.45) is 0.375. The number of nitrogens with zero attached hydrogens (tertiary/aromatic N) is 1. The van der Waals surface area contributed by atoms with Crippen molar-refractivity contribution in [2.24, 2.45) is 0 Å². The van der Waals surface area contributed by atoms with E-state index < -0.39 is 5.82 Å². The van der Waals surface area contributed by atoms with Crippen LogP contribution in [0.15, 0.2) is 16.6 Å². The van der Waals surface area contributed by atoms with E-state index in [9.17, 15) is 4.39 Å². The zero-order valence-corrected chi connectivity index (χ0v) is 9.49. The molecule has 0 amide bonds. The summed E-state index contributed by atoms with van der Waals surface area (Å²) in [5.74, 6) is -0.396. The first kappa shape index (κ1) is 11.3. The summed E-state index contributed by atoms with van der Waals surface area (Å²) in [6.45, 7) is 0.487. The summed E-state index contributed by atoms with van der Waals surface area (Å²) in [6, 6.07) is 4.54. The normalized spacial score (nSPS) is 9.57. The van der Waals surface area contributed by atoms with Gasteiger partial charge in [-0.3, -0.25) is 0 Å². The van der Waals surface area contributed by atoms with Crippen molar-refractivity contribution in [1.29, 1.82) is 5.26 Å². The van der Waals surface area contributed by atoms with Gasteiger partial charge >= 0.3 is 0 Å². The average molecular weight is 278 g/mol. The monoisotopic (exact) mass is 276 g/mol. The van der Waals surface area contributed by atoms with Crippen LogP contribution in [0, 0.1) is 17.1 Å². The maximum atomic E-state index is 12.8. The molecule has 0 spiro atoms. The third kappa shape index (κ3) is 2.86. The highest BCUT2D eigenvalue weighted by Crippen LogP contribution is 2.31. The van der Waals surface area contributed by atoms with Crippen molar-refractivity contribution < 1.29 is 4.39 Å². The van der Waals surface area contributed by atoms with E-state index in [4.69, 9.17) is 16.9 Å². The van der Waals surface area contributed by atoms with Crippen LogP contribution in [-0.4, -0.2) is 6.54 Å². The SMILES string of the molecule is N#CCCNc1c(Cl)cc(F)cc1Br. The van der Waals surface area contributed by atoms with E-state index in [2.05, 4.69) is 21.2 Å². The highest BCUT2D eigenvalue weighted by Gasteiger charge is 2.06. The fraction of sp³-hybridized carbons (Fsp3) is 0.222. The van der Waals surface area contributed by atoms with E-state index in [0.29, 0.717) is 28.1 Å². The van der Waals surface area contributed by atoms with Crippen molar-refractivity contribution in [3.8, 4) is 6.07 Å². The molecular weight excluding hydrogens is 270 g/mol. The Balaban J connectivity index is 2.81. The summed E-state index contributed by atoms with van der Waals surface area (Å²) in [5, 5.41) is 11.6. The molecule has 0 aromatic heterocycles. The zero-order valence-electron chi connectivity index (χ0n) is 7.15. The van der Waals surface area contributed by atoms with Crippen LogP contribution in [0.5, 0.6) is 0 Å². The van der Waals surface area contributed by atoms with Gasteiger partial charge in [-0.25, -0.2) is 4.39 Å². The van der Waals surface area contributed by atoms with Crippen LogP contribution in [-0.2, 0) is 0 Å². The molecule has 1 rings (SSSR count). The lowest BCUT2D eigenvalue weighted by Crippen LogP contribution is -2.02. The molecule has 14 heavy (non-hydrogen) atoms. The van der Waals surface area contributed by atoms with Gasteiger partial charge < -0.3 is 5.32 Å². The highest BCUT2D eigenvalue weighted by molar-refractivity contribution is 9.10. The Labute approximate surface area is 94.8 Å². The second-order valence-electron chi connectivity index (χ2n) is 2.58. The van der Waals surface area contributed by atoms with Crippen LogP contribution in [0.25, 0.3) is 0 Å². The molecule has 0 aliphatic heterocycles. The van der Waals surface area contributed by atoms with Crippen LogP contribution >= 0.6 is 27.5 Å². The first-order valence-electron chi connectivity index (χ1n) is 3.90. The Morgan fingerprint density at radius 3 is 2.86 bits per heavy atom. The van der Waals surface area contributed by atoms with Gasteiger partial charge in [0.1, 0.15) is 5.82 Å². The predicted octanol–water partition coefficient (Wildman–Crippen LogP) is 3.57. The number of anilines is 1. The average Bonchev–Trinajstić information content (AvgIpc) is 2.09. The Hall–Kier alpha value is -0.790. The van der Waals surface area contributed by atoms with E-state index in [1.54, 1.807) is 0 Å². The fourth-order valence-corrected chi connectivity index (χ4v) is 1.91. The van der Waals surface area contributed by atoms with Crippen LogP contribution < -0.4 is 5.32 Å². The number of nitriles is 1. The zero-order chi connectivity index (χ0) is 10.6. The molecular formula is C9H7BrClFN2. The lowest BCUT2D eigenvalue weighted by molar-refractivity contribution is 0.627. The molecule has 0 bridgehead atoms. The summed E-state index contributed by atoms with van der Waals surface area (Å²) in [5.41, 5.74) is 0.614. The van der Waals surface area contributed by atoms with Crippen molar-refractivity contribution in [2.45, 2.75) is 6.42 Å². The Morgan fingerprint density at radius 1 is 1.57 bits per heavy atom. The number of rotatable bonds is 3. The number of halogens is 3. The molecule has 1 aromatic rings. The molecule has 0 saturated heterocycles. The lowest BCUT2D eigenvalue weighted by atomic mass is 10.3. The summed E-state index contributed by atoms with van der Waals surface area (Å²) in [7, 11) is 0. The van der Waals surface area contributed by atoms with Gasteiger partial charge in [0, 0.05) is 11.0 Å². The first-order valence-corrected chi connectivity index (χ1v) is 5.07. The topological polar surface area (TPSA) is 35.8 Å². The maximum Gasteiger partial charge on any atom is 0.125 e. The minimum absolute atomic E-state index is 0.301. The van der Waals surface area contributed by atoms with Crippen LogP contribution in [0.4, 0.5) is 10.1 Å². The molecule has 0 aliphatic rings. The third-order valence-corrected chi connectivity index (χ3v) is 2.47. The summed E-state index contributed by atoms with van der Waals surface area (Å²) < 4.78 is 13.4. The van der Waals surface area contributed by atoms with E-state index >= 15 is 0 Å². The number of hydrogen-bond donors (Lipinski definition) is 1. The van der Waals surface area contributed by atoms with Crippen molar-refractivity contribution in [3.63, 3.8) is 0 Å². The van der Waals surface area contributed by atoms with E-state index in [0.717, 1.165) is 0 Å². The number of nitrogens with one attached hydrogen (secondary N) is 1. The third-order valence-electron chi connectivity index (χ3n) is 1.55. The molecule has 0 radical (unpaired) electrons. The lowest BCUT2D eigenvalue weighted by Gasteiger charge is -2.08. The second-order valence-corrected chi connectivity index (χ2v) is 3.84. The molecule has 2 nitrogen and oxygen atoms in total. The predicted molar refractivity (Wildman–Crippen MR) is 57.8 cm³/mol. The minimum atomic E-state index is -0.396. The number of benzene rings is 1. The molecule has 5 heteroatoms. The second kappa shape index (κ2) is 5.18. The van der Waals surface area contributed by atoms with Crippen molar-refractivity contribution >= 4 is 33.2 Å². The van der Waals surface area contributed by atoms with Gasteiger partial charge in [0.2, 0.25) is 0 Å². The maximum absolute atomic E-state index is 12.8. The first-order chi connectivity index (χ1) is 6.65. The smallest absolute Gasteiger partial charge is 0.125 e. The largest absolute Gasteiger partial charge is 0.382 e. The molecule has 0 heterocycles. The summed E-state index contributed by atoms with van der Waals surface area (Å²) in [4.78, 5) is 0. The number of hydrogen-bond acceptors (Lipinski definition) is 2. The van der Waals surface area contributed by atoms with E-state index in [1.807, 2.05) is 6.07 Å². The van der Waals surface area contributed by atoms with Gasteiger partial charge in [-0.15, -0.1) is 0 Å². The van der Waals surface area contributed by atoms with Gasteiger partial charge in [-0.1, -0.05) is 11.6 Å². The molecule has 0 aliphatic carbocycles. The van der Waals surface area contributed by atoms with Gasteiger partial charge in [-0.2, -0.15) is 5.26 Å². The Bertz CT molecular complexity index is 353. The van der Waals surface area contributed by atoms with Crippen molar-refractivity contribution in [1.82, 2.24) is 0 Å². The molecule has 0 fully saturated rings. The fourth-order valence-electron chi connectivity index (χ4n) is 0.954. The molecule has 1 aromatic carbocycles. The standard InChI is InChI=1S/C9H7BrClFN2/c10-7-4-6(12)5-8(11)9(7)14-3-1-2-13/h4-5,14H,1,3H2. The minimum Gasteiger partial charge on any atom is -0.382 e. The van der Waals surface area contributed by atoms with Crippen molar-refractivity contribution in [3.05, 3.63) is 27.4 Å².